The van der Waals surface area contributed by atoms with Gasteiger partial charge >= 0.3 is 360 Å². The van der Waals surface area contributed by atoms with E-state index in [1.807, 2.05) is 12.2 Å². The molecule has 0 fully saturated rings. The van der Waals surface area contributed by atoms with Crippen LogP contribution in [0, 0.1) is 37.1 Å². The summed E-state index contributed by atoms with van der Waals surface area (Å²) in [4.78, 5) is 0. The van der Waals surface area contributed by atoms with Crippen LogP contribution < -0.4 is 7.74 Å². The molecule has 328 valence electrons. The van der Waals surface area contributed by atoms with Crippen molar-refractivity contribution >= 4 is 7.74 Å². The van der Waals surface area contributed by atoms with Crippen molar-refractivity contribution in [3.63, 3.8) is 0 Å². The number of ether oxygens (including phenoxy) is 8. The molecular weight excluding hydrogens is 832 g/mol. The van der Waals surface area contributed by atoms with Gasteiger partial charge in [0.1, 0.15) is 0 Å². The molecule has 0 saturated carbocycles. The van der Waals surface area contributed by atoms with E-state index in [1.165, 1.54) is 81.1 Å². The van der Waals surface area contributed by atoms with Gasteiger partial charge in [0, 0.05) is 0 Å². The maximum atomic E-state index is 18.4. The summed E-state index contributed by atoms with van der Waals surface area (Å²) in [7, 11) is 11.9. The van der Waals surface area contributed by atoms with Gasteiger partial charge in [-0.05, 0) is 0 Å². The van der Waals surface area contributed by atoms with Crippen molar-refractivity contribution < 1.29 is 72.0 Å². The van der Waals surface area contributed by atoms with E-state index in [1.54, 1.807) is 59.4 Å². The Bertz CT molecular complexity index is 2170. The molecule has 0 aliphatic heterocycles. The summed E-state index contributed by atoms with van der Waals surface area (Å²) in [5.41, 5.74) is 3.28. The molecule has 0 radical (unpaired) electrons. The first-order valence-electron chi connectivity index (χ1n) is 19.8. The quantitative estimate of drug-likeness (QED) is 0.0500. The third kappa shape index (κ3) is 8.36. The molecule has 10 nitrogen and oxygen atoms in total. The van der Waals surface area contributed by atoms with Crippen LogP contribution in [-0.4, -0.2) is 78.6 Å². The normalized spacial score (nSPS) is 14.3. The molecule has 0 atom stereocenters. The SMILES string of the molecule is COC(Cc1cc(C(OC)OC)c(C)n1-c1ccc(F)[c]([Ti]([C]2=CC=CC2)([C]2=CC=CC2)[c]2c(F)ccc(-n3c(CC(OC)OC)cc(C(OC)OC)c3C)c2F)c1F)OC. The summed E-state index contributed by atoms with van der Waals surface area (Å²) < 4.78 is 120. The van der Waals surface area contributed by atoms with E-state index in [0.29, 0.717) is 41.7 Å². The number of methoxy groups -OCH3 is 8. The predicted octanol–water partition coefficient (Wildman–Crippen LogP) is 8.14. The van der Waals surface area contributed by atoms with Gasteiger partial charge in [-0.2, -0.15) is 0 Å². The van der Waals surface area contributed by atoms with Gasteiger partial charge in [0.25, 0.3) is 0 Å². The van der Waals surface area contributed by atoms with Crippen molar-refractivity contribution in [2.75, 3.05) is 56.9 Å². The van der Waals surface area contributed by atoms with Crippen LogP contribution >= 0.6 is 0 Å². The van der Waals surface area contributed by atoms with Crippen LogP contribution in [0.2, 0.25) is 0 Å². The molecule has 2 aromatic heterocycles. The topological polar surface area (TPSA) is 83.7 Å². The van der Waals surface area contributed by atoms with Crippen LogP contribution in [0.1, 0.15) is 59.3 Å². The average Bonchev–Trinajstić information content (AvgIpc) is 4.10. The number of benzene rings is 2. The number of hydrogen-bond donors (Lipinski definition) is 0. The Balaban J connectivity index is 1.73. The Hall–Kier alpha value is -3.93. The Kier molecular flexibility index (Phi) is 15.3. The Morgan fingerprint density at radius 3 is 1.20 bits per heavy atom. The number of rotatable bonds is 20. The van der Waals surface area contributed by atoms with Gasteiger partial charge < -0.3 is 0 Å². The van der Waals surface area contributed by atoms with E-state index in [9.17, 15) is 0 Å². The first-order valence-corrected chi connectivity index (χ1v) is 22.9. The van der Waals surface area contributed by atoms with Crippen LogP contribution in [0.15, 0.2) is 80.6 Å². The van der Waals surface area contributed by atoms with Gasteiger partial charge in [0.15, 0.2) is 0 Å². The second-order valence-electron chi connectivity index (χ2n) is 14.7. The third-order valence-corrected chi connectivity index (χ3v) is 19.7. The molecular formula is C46H54F4N2O8Ti. The number of nitrogens with zero attached hydrogens (tertiary/aromatic N) is 2. The first-order chi connectivity index (χ1) is 29.4. The predicted molar refractivity (Wildman–Crippen MR) is 220 cm³/mol. The fraction of sp³-hybridized carbons (Fsp3) is 0.391. The van der Waals surface area contributed by atoms with Crippen molar-refractivity contribution in [1.82, 2.24) is 9.13 Å². The standard InChI is InChI=1S/2C18H22F2NO4.2C5H5.Ti/c2*1-11-14(18(24-4)25-5)9-13(10-17(22-2)23-3)21(11)16-7-6-12(19)8-15(16)20;2*1-2-4-5-3-1;/h2*6-7,9,17-18H,10H2,1-5H3;2*1-3H,4H2;. The minimum absolute atomic E-state index is 0.0272. The van der Waals surface area contributed by atoms with E-state index < -0.39 is 65.0 Å². The molecule has 0 amide bonds. The number of hydrogen-bond acceptors (Lipinski definition) is 8. The minimum atomic E-state index is -5.37. The van der Waals surface area contributed by atoms with E-state index in [0.717, 1.165) is 0 Å². The summed E-state index contributed by atoms with van der Waals surface area (Å²) in [6, 6.07) is 8.65. The van der Waals surface area contributed by atoms with E-state index in [2.05, 4.69) is 0 Å². The monoisotopic (exact) mass is 886 g/mol. The Morgan fingerprint density at radius 2 is 0.902 bits per heavy atom. The summed E-state index contributed by atoms with van der Waals surface area (Å²) in [6.45, 7) is 3.54. The van der Waals surface area contributed by atoms with Crippen molar-refractivity contribution in [3.05, 3.63) is 138 Å². The first kappa shape index (κ1) is 46.6. The maximum absolute atomic E-state index is 18.4. The molecule has 0 spiro atoms. The van der Waals surface area contributed by atoms with E-state index >= 15 is 17.6 Å². The van der Waals surface area contributed by atoms with Crippen LogP contribution in [-0.2, 0) is 67.3 Å². The average molecular weight is 887 g/mol. The summed E-state index contributed by atoms with van der Waals surface area (Å²) in [5, 5.41) is 0. The fourth-order valence-electron chi connectivity index (χ4n) is 8.94. The zero-order valence-corrected chi connectivity index (χ0v) is 37.8. The Labute approximate surface area is 358 Å². The van der Waals surface area contributed by atoms with Crippen molar-refractivity contribution in [2.24, 2.45) is 0 Å². The molecule has 0 saturated heterocycles. The van der Waals surface area contributed by atoms with Gasteiger partial charge in [0.05, 0.1) is 0 Å². The number of allylic oxidation sites excluding steroid dienone is 8. The molecule has 2 aliphatic carbocycles. The van der Waals surface area contributed by atoms with E-state index in [4.69, 9.17) is 37.9 Å². The zero-order chi connectivity index (χ0) is 44.2. The molecule has 2 heterocycles. The molecule has 0 unspecified atom stereocenters. The fourth-order valence-corrected chi connectivity index (χ4v) is 17.2. The van der Waals surface area contributed by atoms with Crippen LogP contribution in [0.4, 0.5) is 17.6 Å². The molecule has 2 aromatic carbocycles. The molecule has 15 heteroatoms. The summed E-state index contributed by atoms with van der Waals surface area (Å²) in [6.07, 6.45) is 8.43. The second-order valence-corrected chi connectivity index (χ2v) is 20.7. The van der Waals surface area contributed by atoms with Crippen molar-refractivity contribution in [1.29, 1.82) is 0 Å². The molecule has 0 bridgehead atoms. The number of halogens is 4. The van der Waals surface area contributed by atoms with Gasteiger partial charge in [-0.3, -0.25) is 0 Å². The van der Waals surface area contributed by atoms with E-state index in [-0.39, 0.29) is 44.8 Å². The number of aromatic nitrogens is 2. The van der Waals surface area contributed by atoms with Crippen LogP contribution in [0.25, 0.3) is 11.4 Å². The van der Waals surface area contributed by atoms with Gasteiger partial charge in [-0.25, -0.2) is 0 Å². The van der Waals surface area contributed by atoms with Crippen LogP contribution in [0.3, 0.4) is 0 Å². The van der Waals surface area contributed by atoms with Crippen LogP contribution in [0.5, 0.6) is 0 Å². The molecule has 61 heavy (non-hydrogen) atoms. The zero-order valence-electron chi connectivity index (χ0n) is 36.2. The second kappa shape index (κ2) is 20.1. The molecule has 2 aliphatic rings. The Morgan fingerprint density at radius 1 is 0.541 bits per heavy atom. The third-order valence-electron chi connectivity index (χ3n) is 11.8. The van der Waals surface area contributed by atoms with Gasteiger partial charge in [-0.15, -0.1) is 0 Å². The molecule has 6 rings (SSSR count). The molecule has 0 N–H and O–H groups in total. The summed E-state index contributed by atoms with van der Waals surface area (Å²) in [5.74, 6) is -3.72. The van der Waals surface area contributed by atoms with Crippen molar-refractivity contribution in [2.45, 2.75) is 64.7 Å². The summed E-state index contributed by atoms with van der Waals surface area (Å²) >= 11 is -5.37. The van der Waals surface area contributed by atoms with Gasteiger partial charge in [0.2, 0.25) is 0 Å². The molecule has 4 aromatic rings. The van der Waals surface area contributed by atoms with Crippen molar-refractivity contribution in [3.8, 4) is 11.4 Å². The van der Waals surface area contributed by atoms with Gasteiger partial charge in [-0.1, -0.05) is 0 Å².